The monoisotopic (exact) mass is 229 g/mol. The Hall–Kier alpha value is -0.958. The van der Waals surface area contributed by atoms with E-state index in [1.54, 1.807) is 0 Å². The van der Waals surface area contributed by atoms with Gasteiger partial charge in [-0.25, -0.2) is 0 Å². The van der Waals surface area contributed by atoms with Crippen molar-refractivity contribution < 1.29 is 33.8 Å². The van der Waals surface area contributed by atoms with Gasteiger partial charge in [0.15, 0.2) is 0 Å². The van der Waals surface area contributed by atoms with Crippen LogP contribution in [0.2, 0.25) is 0 Å². The van der Waals surface area contributed by atoms with Crippen LogP contribution in [0.15, 0.2) is 42.6 Å². The molecule has 2 rings (SSSR count). The number of hydrogen-bond acceptors (Lipinski definition) is 1. The molecule has 0 radical (unpaired) electrons. The fourth-order valence-corrected chi connectivity index (χ4v) is 1.02. The number of pyridine rings is 1. The van der Waals surface area contributed by atoms with Crippen LogP contribution in [0.4, 0.5) is 0 Å². The number of benzene rings is 1. The van der Waals surface area contributed by atoms with Gasteiger partial charge in [-0.3, -0.25) is 4.98 Å². The van der Waals surface area contributed by atoms with E-state index in [0.29, 0.717) is 0 Å². The summed E-state index contributed by atoms with van der Waals surface area (Å²) in [4.78, 5) is 4.18. The van der Waals surface area contributed by atoms with Gasteiger partial charge >= 0.3 is 17.4 Å². The molecule has 0 amide bonds. The van der Waals surface area contributed by atoms with Crippen molar-refractivity contribution in [1.29, 1.82) is 0 Å². The van der Waals surface area contributed by atoms with Gasteiger partial charge in [0.25, 0.3) is 0 Å². The summed E-state index contributed by atoms with van der Waals surface area (Å²) in [5.74, 6) is 0. The standard InChI is InChI=1S/C9H7N.Cr.3O/c1-2-6-9-8(4-1)5-3-7-10-9;;;;/h1-7H;;;;/q;+6;3*-2. The van der Waals surface area contributed by atoms with E-state index in [-0.39, 0.29) is 33.8 Å². The Kier molecular flexibility index (Phi) is 11.6. The fraction of sp³-hybridized carbons (Fsp3) is 0. The molecule has 0 aliphatic carbocycles. The molecular weight excluding hydrogens is 222 g/mol. The second-order valence-corrected chi connectivity index (χ2v) is 2.20. The molecule has 0 bridgehead atoms. The Labute approximate surface area is 92.6 Å². The van der Waals surface area contributed by atoms with Crippen molar-refractivity contribution in [3.8, 4) is 0 Å². The molecule has 5 heteroatoms. The maximum Gasteiger partial charge on any atom is 6.00 e. The zero-order valence-electron chi connectivity index (χ0n) is 7.12. The molecule has 14 heavy (non-hydrogen) atoms. The maximum atomic E-state index is 4.18. The first-order chi connectivity index (χ1) is 4.97. The molecule has 1 heterocycles. The minimum absolute atomic E-state index is 0. The molecule has 4 nitrogen and oxygen atoms in total. The maximum absolute atomic E-state index is 4.18. The summed E-state index contributed by atoms with van der Waals surface area (Å²) < 4.78 is 0. The second kappa shape index (κ2) is 8.63. The average Bonchev–Trinajstić information content (AvgIpc) is 2.05. The zero-order chi connectivity index (χ0) is 6.81. The van der Waals surface area contributed by atoms with Crippen molar-refractivity contribution in [1.82, 2.24) is 4.98 Å². The first-order valence-corrected chi connectivity index (χ1v) is 3.26. The summed E-state index contributed by atoms with van der Waals surface area (Å²) in [5, 5.41) is 1.20. The van der Waals surface area contributed by atoms with Crippen molar-refractivity contribution in [3.63, 3.8) is 0 Å². The predicted octanol–water partition coefficient (Wildman–Crippen LogP) is 1.88. The van der Waals surface area contributed by atoms with Crippen molar-refractivity contribution in [3.05, 3.63) is 42.6 Å². The van der Waals surface area contributed by atoms with Gasteiger partial charge in [0.2, 0.25) is 0 Å². The number of hydrogen-bond donors (Lipinski definition) is 0. The van der Waals surface area contributed by atoms with Crippen molar-refractivity contribution in [2.75, 3.05) is 0 Å². The molecule has 0 saturated carbocycles. The summed E-state index contributed by atoms with van der Waals surface area (Å²) in [6, 6.07) is 12.1. The molecule has 0 fully saturated rings. The Bertz CT molecular complexity index is 291. The van der Waals surface area contributed by atoms with E-state index in [9.17, 15) is 0 Å². The third-order valence-corrected chi connectivity index (χ3v) is 1.51. The molecule has 0 aliphatic rings. The van der Waals surface area contributed by atoms with Gasteiger partial charge in [-0.05, 0) is 12.1 Å². The van der Waals surface area contributed by atoms with Gasteiger partial charge in [0, 0.05) is 11.6 Å². The Balaban J connectivity index is -0.000000302. The zero-order valence-corrected chi connectivity index (χ0v) is 8.40. The van der Waals surface area contributed by atoms with E-state index in [0.717, 1.165) is 5.52 Å². The van der Waals surface area contributed by atoms with Crippen molar-refractivity contribution in [2.24, 2.45) is 0 Å². The van der Waals surface area contributed by atoms with Gasteiger partial charge in [0.05, 0.1) is 5.52 Å². The fourth-order valence-electron chi connectivity index (χ4n) is 1.02. The normalized spacial score (nSPS) is 7.14. The van der Waals surface area contributed by atoms with Crippen LogP contribution in [0.25, 0.3) is 10.9 Å². The first-order valence-electron chi connectivity index (χ1n) is 3.26. The summed E-state index contributed by atoms with van der Waals surface area (Å²) in [5.41, 5.74) is 1.06. The number of fused-ring (bicyclic) bond motifs is 1. The third kappa shape index (κ3) is 3.83. The molecule has 0 N–H and O–H groups in total. The number of nitrogens with zero attached hydrogens (tertiary/aromatic N) is 1. The van der Waals surface area contributed by atoms with Crippen molar-refractivity contribution in [2.45, 2.75) is 0 Å². The Morgan fingerprint density at radius 1 is 0.786 bits per heavy atom. The van der Waals surface area contributed by atoms with Gasteiger partial charge in [0.1, 0.15) is 0 Å². The van der Waals surface area contributed by atoms with Crippen LogP contribution in [-0.4, -0.2) is 4.98 Å². The predicted molar refractivity (Wildman–Crippen MR) is 43.8 cm³/mol. The molecule has 72 valence electrons. The molecule has 1 aromatic heterocycles. The molecule has 0 spiro atoms. The smallest absolute Gasteiger partial charge is 2.00 e. The largest absolute Gasteiger partial charge is 6.00 e. The summed E-state index contributed by atoms with van der Waals surface area (Å²) in [6.45, 7) is 0. The Morgan fingerprint density at radius 3 is 2.00 bits per heavy atom. The number of aromatic nitrogens is 1. The van der Waals surface area contributed by atoms with Crippen LogP contribution in [-0.2, 0) is 33.8 Å². The minimum Gasteiger partial charge on any atom is -2.00 e. The topological polar surface area (TPSA) is 98.4 Å². The summed E-state index contributed by atoms with van der Waals surface area (Å²) in [7, 11) is 0. The van der Waals surface area contributed by atoms with E-state index in [1.807, 2.05) is 30.5 Å². The summed E-state index contributed by atoms with van der Waals surface area (Å²) >= 11 is 0. The molecule has 0 unspecified atom stereocenters. The molecule has 0 aliphatic heterocycles. The average molecular weight is 229 g/mol. The van der Waals surface area contributed by atoms with E-state index >= 15 is 0 Å². The van der Waals surface area contributed by atoms with Crippen LogP contribution in [0.3, 0.4) is 0 Å². The van der Waals surface area contributed by atoms with E-state index in [4.69, 9.17) is 0 Å². The minimum atomic E-state index is 0. The molecule has 2 aromatic rings. The van der Waals surface area contributed by atoms with Crippen LogP contribution >= 0.6 is 0 Å². The number of para-hydroxylation sites is 1. The van der Waals surface area contributed by atoms with Crippen LogP contribution in [0.5, 0.6) is 0 Å². The first kappa shape index (κ1) is 18.8. The van der Waals surface area contributed by atoms with Gasteiger partial charge in [-0.2, -0.15) is 0 Å². The Morgan fingerprint density at radius 2 is 1.36 bits per heavy atom. The van der Waals surface area contributed by atoms with Gasteiger partial charge in [-0.1, -0.05) is 24.3 Å². The molecule has 0 saturated heterocycles. The second-order valence-electron chi connectivity index (χ2n) is 2.20. The SMILES string of the molecule is [Cr+6].[O-2].[O-2].[O-2].c1ccc2ncccc2c1. The van der Waals surface area contributed by atoms with Crippen LogP contribution in [0, 0.1) is 0 Å². The van der Waals surface area contributed by atoms with Gasteiger partial charge in [-0.15, -0.1) is 0 Å². The van der Waals surface area contributed by atoms with E-state index in [1.165, 1.54) is 5.39 Å². The molecule has 0 atom stereocenters. The number of rotatable bonds is 0. The van der Waals surface area contributed by atoms with Gasteiger partial charge < -0.3 is 16.4 Å². The molecule has 1 aromatic carbocycles. The third-order valence-electron chi connectivity index (χ3n) is 1.51. The van der Waals surface area contributed by atoms with E-state index < -0.39 is 0 Å². The van der Waals surface area contributed by atoms with Crippen LogP contribution in [0.1, 0.15) is 0 Å². The summed E-state index contributed by atoms with van der Waals surface area (Å²) in [6.07, 6.45) is 1.81. The van der Waals surface area contributed by atoms with Crippen LogP contribution < -0.4 is 0 Å². The quantitative estimate of drug-likeness (QED) is 0.676. The van der Waals surface area contributed by atoms with Crippen molar-refractivity contribution >= 4 is 10.9 Å². The van der Waals surface area contributed by atoms with E-state index in [2.05, 4.69) is 17.1 Å². The molecular formula is C9H7CrNO3.